The minimum absolute atomic E-state index is 0.131. The molecule has 23 heavy (non-hydrogen) atoms. The highest BCUT2D eigenvalue weighted by atomic mass is 16.5. The molecule has 5 nitrogen and oxygen atoms in total. The molecular formula is C18H19NO4. The summed E-state index contributed by atoms with van der Waals surface area (Å²) in [6.07, 6.45) is -0.254. The molecule has 1 aliphatic heterocycles. The Morgan fingerprint density at radius 1 is 1.09 bits per heavy atom. The number of aliphatic hydroxyl groups excluding tert-OH is 1. The summed E-state index contributed by atoms with van der Waals surface area (Å²) in [5, 5.41) is 10.3. The first kappa shape index (κ1) is 15.4. The molecule has 0 fully saturated rings. The summed E-state index contributed by atoms with van der Waals surface area (Å²) >= 11 is 0. The van der Waals surface area contributed by atoms with Crippen LogP contribution in [0.5, 0.6) is 11.5 Å². The molecule has 0 saturated heterocycles. The van der Waals surface area contributed by atoms with Crippen molar-refractivity contribution < 1.29 is 19.4 Å². The Morgan fingerprint density at radius 3 is 2.52 bits per heavy atom. The number of rotatable bonds is 5. The lowest BCUT2D eigenvalue weighted by atomic mass is 10.1. The third-order valence-corrected chi connectivity index (χ3v) is 4.11. The van der Waals surface area contributed by atoms with E-state index in [1.165, 1.54) is 4.90 Å². The van der Waals surface area contributed by atoms with Gasteiger partial charge in [0.1, 0.15) is 0 Å². The number of hydrogen-bond acceptors (Lipinski definition) is 4. The fourth-order valence-corrected chi connectivity index (χ4v) is 2.86. The second-order valence-corrected chi connectivity index (χ2v) is 5.40. The maximum atomic E-state index is 12.4. The molecule has 2 aromatic rings. The highest BCUT2D eigenvalue weighted by molar-refractivity contribution is 5.98. The van der Waals surface area contributed by atoms with Gasteiger partial charge in [-0.2, -0.15) is 0 Å². The highest BCUT2D eigenvalue weighted by Crippen LogP contribution is 2.32. The summed E-state index contributed by atoms with van der Waals surface area (Å²) in [6, 6.07) is 12.8. The summed E-state index contributed by atoms with van der Waals surface area (Å²) in [4.78, 5) is 13.9. The molecule has 2 aromatic carbocycles. The zero-order valence-corrected chi connectivity index (χ0v) is 13.2. The Morgan fingerprint density at radius 2 is 1.83 bits per heavy atom. The van der Waals surface area contributed by atoms with Gasteiger partial charge in [-0.15, -0.1) is 0 Å². The lowest BCUT2D eigenvalue weighted by molar-refractivity contribution is 0.0182. The molecule has 0 unspecified atom stereocenters. The maximum absolute atomic E-state index is 12.4. The van der Waals surface area contributed by atoms with Gasteiger partial charge < -0.3 is 19.5 Å². The number of ether oxygens (including phenoxy) is 2. The van der Waals surface area contributed by atoms with E-state index in [1.807, 2.05) is 24.3 Å². The second-order valence-electron chi connectivity index (χ2n) is 5.40. The summed E-state index contributed by atoms with van der Waals surface area (Å²) < 4.78 is 10.5. The van der Waals surface area contributed by atoms with E-state index in [2.05, 4.69) is 0 Å². The van der Waals surface area contributed by atoms with Crippen molar-refractivity contribution in [2.24, 2.45) is 0 Å². The minimum atomic E-state index is -0.876. The van der Waals surface area contributed by atoms with Crippen molar-refractivity contribution in [1.82, 2.24) is 4.90 Å². The van der Waals surface area contributed by atoms with Crippen LogP contribution >= 0.6 is 0 Å². The molecule has 120 valence electrons. The molecule has 0 spiro atoms. The second kappa shape index (κ2) is 6.30. The van der Waals surface area contributed by atoms with Gasteiger partial charge in [0, 0.05) is 17.7 Å². The molecule has 3 rings (SSSR count). The van der Waals surface area contributed by atoms with Gasteiger partial charge in [-0.05, 0) is 30.2 Å². The molecule has 0 aromatic heterocycles. The zero-order chi connectivity index (χ0) is 16.4. The van der Waals surface area contributed by atoms with Crippen molar-refractivity contribution in [3.05, 3.63) is 59.2 Å². The molecule has 1 atom stereocenters. The fraction of sp³-hybridized carbons (Fsp3) is 0.278. The Kier molecular flexibility index (Phi) is 4.21. The number of fused-ring (bicyclic) bond motifs is 1. The van der Waals surface area contributed by atoms with Crippen LogP contribution in [0.3, 0.4) is 0 Å². The third kappa shape index (κ3) is 2.75. The third-order valence-electron chi connectivity index (χ3n) is 4.11. The Labute approximate surface area is 135 Å². The summed E-state index contributed by atoms with van der Waals surface area (Å²) in [5.74, 6) is 1.19. The van der Waals surface area contributed by atoms with Crippen LogP contribution in [0.2, 0.25) is 0 Å². The van der Waals surface area contributed by atoms with E-state index in [1.54, 1.807) is 32.4 Å². The highest BCUT2D eigenvalue weighted by Gasteiger charge is 2.34. The van der Waals surface area contributed by atoms with Gasteiger partial charge in [-0.3, -0.25) is 4.79 Å². The number of nitrogens with zero attached hydrogens (tertiary/aromatic N) is 1. The van der Waals surface area contributed by atoms with E-state index in [-0.39, 0.29) is 5.91 Å². The predicted octanol–water partition coefficient (Wildman–Crippen LogP) is 2.39. The first-order chi connectivity index (χ1) is 11.2. The minimum Gasteiger partial charge on any atom is -0.493 e. The topological polar surface area (TPSA) is 59.0 Å². The standard InChI is InChI=1S/C18H19NO4/c1-22-15-8-7-12(11-16(15)23-2)9-10-19-17(20)13-5-3-4-6-14(13)18(19)21/h3-8,11,17,20H,9-10H2,1-2H3/t17-/m0/s1. The fourth-order valence-electron chi connectivity index (χ4n) is 2.86. The van der Waals surface area contributed by atoms with E-state index in [0.717, 1.165) is 5.56 Å². The lowest BCUT2D eigenvalue weighted by Gasteiger charge is -2.21. The van der Waals surface area contributed by atoms with Crippen molar-refractivity contribution in [2.75, 3.05) is 20.8 Å². The van der Waals surface area contributed by atoms with Gasteiger partial charge in [0.25, 0.3) is 5.91 Å². The molecular weight excluding hydrogens is 294 g/mol. The van der Waals surface area contributed by atoms with Crippen molar-refractivity contribution >= 4 is 5.91 Å². The van der Waals surface area contributed by atoms with E-state index in [9.17, 15) is 9.90 Å². The number of benzene rings is 2. The Hall–Kier alpha value is -2.53. The molecule has 0 saturated carbocycles. The van der Waals surface area contributed by atoms with Gasteiger partial charge in [-0.25, -0.2) is 0 Å². The van der Waals surface area contributed by atoms with Crippen molar-refractivity contribution in [3.63, 3.8) is 0 Å². The van der Waals surface area contributed by atoms with Crippen LogP contribution in [0.15, 0.2) is 42.5 Å². The number of aliphatic hydroxyl groups is 1. The monoisotopic (exact) mass is 313 g/mol. The maximum Gasteiger partial charge on any atom is 0.256 e. The van der Waals surface area contributed by atoms with Crippen LogP contribution in [0, 0.1) is 0 Å². The predicted molar refractivity (Wildman–Crippen MR) is 85.7 cm³/mol. The van der Waals surface area contributed by atoms with Crippen LogP contribution in [0.25, 0.3) is 0 Å². The van der Waals surface area contributed by atoms with Crippen LogP contribution in [0.4, 0.5) is 0 Å². The molecule has 1 heterocycles. The van der Waals surface area contributed by atoms with E-state index in [4.69, 9.17) is 9.47 Å². The zero-order valence-electron chi connectivity index (χ0n) is 13.2. The number of methoxy groups -OCH3 is 2. The average Bonchev–Trinajstić information content (AvgIpc) is 2.84. The number of carbonyl (C=O) groups is 1. The smallest absolute Gasteiger partial charge is 0.256 e. The van der Waals surface area contributed by atoms with Gasteiger partial charge in [-0.1, -0.05) is 24.3 Å². The quantitative estimate of drug-likeness (QED) is 0.921. The Bertz CT molecular complexity index is 729. The van der Waals surface area contributed by atoms with E-state index >= 15 is 0 Å². The average molecular weight is 313 g/mol. The molecule has 0 radical (unpaired) electrons. The first-order valence-electron chi connectivity index (χ1n) is 7.44. The van der Waals surface area contributed by atoms with Crippen molar-refractivity contribution in [3.8, 4) is 11.5 Å². The van der Waals surface area contributed by atoms with Gasteiger partial charge >= 0.3 is 0 Å². The summed E-state index contributed by atoms with van der Waals surface area (Å²) in [5.41, 5.74) is 2.26. The molecule has 1 aliphatic rings. The summed E-state index contributed by atoms with van der Waals surface area (Å²) in [7, 11) is 3.18. The van der Waals surface area contributed by atoms with Crippen LogP contribution in [0.1, 0.15) is 27.7 Å². The molecule has 0 aliphatic carbocycles. The SMILES string of the molecule is COc1ccc(CCN2C(=O)c3ccccc3[C@@H]2O)cc1OC. The molecule has 1 N–H and O–H groups in total. The van der Waals surface area contributed by atoms with Crippen molar-refractivity contribution in [1.29, 1.82) is 0 Å². The van der Waals surface area contributed by atoms with Crippen LogP contribution in [-0.4, -0.2) is 36.7 Å². The molecule has 1 amide bonds. The first-order valence-corrected chi connectivity index (χ1v) is 7.44. The summed E-state index contributed by atoms with van der Waals surface area (Å²) in [6.45, 7) is 0.435. The lowest BCUT2D eigenvalue weighted by Crippen LogP contribution is -2.30. The van der Waals surface area contributed by atoms with Crippen molar-refractivity contribution in [2.45, 2.75) is 12.6 Å². The van der Waals surface area contributed by atoms with Gasteiger partial charge in [0.2, 0.25) is 0 Å². The van der Waals surface area contributed by atoms with Crippen LogP contribution < -0.4 is 9.47 Å². The van der Waals surface area contributed by atoms with Crippen LogP contribution in [-0.2, 0) is 6.42 Å². The number of amides is 1. The van der Waals surface area contributed by atoms with E-state index < -0.39 is 6.23 Å². The van der Waals surface area contributed by atoms with Gasteiger partial charge in [0.05, 0.1) is 14.2 Å². The molecule has 0 bridgehead atoms. The molecule has 5 heteroatoms. The Balaban J connectivity index is 1.73. The van der Waals surface area contributed by atoms with E-state index in [0.29, 0.717) is 35.6 Å². The van der Waals surface area contributed by atoms with Gasteiger partial charge in [0.15, 0.2) is 17.7 Å². The normalized spacial score (nSPS) is 16.4. The number of carbonyl (C=O) groups excluding carboxylic acids is 1. The largest absolute Gasteiger partial charge is 0.493 e. The number of hydrogen-bond donors (Lipinski definition) is 1.